The molecule has 1 amide bonds. The van der Waals surface area contributed by atoms with Gasteiger partial charge in [-0.15, -0.1) is 28.5 Å². The summed E-state index contributed by atoms with van der Waals surface area (Å²) in [5.74, 6) is 0.219. The standard InChI is InChI=1S/C21H20ClFN4OS/c22-18(14-7-6-8-14)21(28)24-20-19(16-11-4-5-12-17(16)23)25-26-27(20)13-29-15-9-2-1-3-10-15/h1-5,9-12,14,18H,6-8,13H2,(H,24,28). The molecule has 5 nitrogen and oxygen atoms in total. The van der Waals surface area contributed by atoms with E-state index in [1.165, 1.54) is 6.07 Å². The second-order valence-corrected chi connectivity index (χ2v) is 8.42. The number of halogens is 2. The molecule has 3 aromatic rings. The van der Waals surface area contributed by atoms with E-state index < -0.39 is 11.2 Å². The molecule has 0 spiro atoms. The first-order chi connectivity index (χ1) is 14.1. The smallest absolute Gasteiger partial charge is 0.243 e. The maximum atomic E-state index is 14.4. The number of hydrogen-bond acceptors (Lipinski definition) is 4. The summed E-state index contributed by atoms with van der Waals surface area (Å²) in [4.78, 5) is 13.8. The maximum absolute atomic E-state index is 14.4. The van der Waals surface area contributed by atoms with Crippen LogP contribution in [0.3, 0.4) is 0 Å². The highest BCUT2D eigenvalue weighted by atomic mass is 35.5. The van der Waals surface area contributed by atoms with Crippen molar-refractivity contribution >= 4 is 35.1 Å². The van der Waals surface area contributed by atoms with Gasteiger partial charge in [-0.2, -0.15) is 0 Å². The molecule has 1 aliphatic rings. The maximum Gasteiger partial charge on any atom is 0.243 e. The average molecular weight is 431 g/mol. The Morgan fingerprint density at radius 2 is 1.93 bits per heavy atom. The summed E-state index contributed by atoms with van der Waals surface area (Å²) < 4.78 is 16.0. The van der Waals surface area contributed by atoms with E-state index in [2.05, 4.69) is 15.6 Å². The minimum atomic E-state index is -0.623. The van der Waals surface area contributed by atoms with Crippen molar-refractivity contribution in [1.82, 2.24) is 15.0 Å². The fraction of sp³-hybridized carbons (Fsp3) is 0.286. The summed E-state index contributed by atoms with van der Waals surface area (Å²) in [5.41, 5.74) is 0.580. The van der Waals surface area contributed by atoms with Gasteiger partial charge in [0, 0.05) is 10.5 Å². The number of nitrogens with zero attached hydrogens (tertiary/aromatic N) is 3. The van der Waals surface area contributed by atoms with E-state index in [0.29, 0.717) is 17.4 Å². The lowest BCUT2D eigenvalue weighted by atomic mass is 9.82. The third kappa shape index (κ3) is 4.46. The number of anilines is 1. The molecule has 1 saturated carbocycles. The normalized spacial score (nSPS) is 15.0. The van der Waals surface area contributed by atoms with Crippen molar-refractivity contribution in [2.75, 3.05) is 5.32 Å². The van der Waals surface area contributed by atoms with Gasteiger partial charge in [0.05, 0.1) is 5.88 Å². The van der Waals surface area contributed by atoms with Crippen LogP contribution in [0.1, 0.15) is 19.3 Å². The van der Waals surface area contributed by atoms with Crippen LogP contribution in [0.25, 0.3) is 11.3 Å². The highest BCUT2D eigenvalue weighted by molar-refractivity contribution is 7.98. The molecule has 0 saturated heterocycles. The van der Waals surface area contributed by atoms with Crippen LogP contribution in [-0.4, -0.2) is 26.3 Å². The van der Waals surface area contributed by atoms with E-state index in [9.17, 15) is 9.18 Å². The van der Waals surface area contributed by atoms with Gasteiger partial charge in [-0.25, -0.2) is 9.07 Å². The van der Waals surface area contributed by atoms with Crippen molar-refractivity contribution in [2.45, 2.75) is 35.4 Å². The van der Waals surface area contributed by atoms with E-state index in [1.54, 1.807) is 34.6 Å². The van der Waals surface area contributed by atoms with Gasteiger partial charge < -0.3 is 5.32 Å². The molecule has 1 aliphatic carbocycles. The molecule has 1 fully saturated rings. The number of nitrogens with one attached hydrogen (secondary N) is 1. The van der Waals surface area contributed by atoms with Gasteiger partial charge in [0.2, 0.25) is 5.91 Å². The van der Waals surface area contributed by atoms with Gasteiger partial charge in [-0.1, -0.05) is 42.0 Å². The van der Waals surface area contributed by atoms with Crippen molar-refractivity contribution in [3.8, 4) is 11.3 Å². The summed E-state index contributed by atoms with van der Waals surface area (Å²) in [6, 6.07) is 16.1. The lowest BCUT2D eigenvalue weighted by Gasteiger charge is -2.28. The zero-order valence-electron chi connectivity index (χ0n) is 15.6. The van der Waals surface area contributed by atoms with Gasteiger partial charge in [-0.3, -0.25) is 4.79 Å². The number of aromatic nitrogens is 3. The highest BCUT2D eigenvalue weighted by Gasteiger charge is 2.32. The number of alkyl halides is 1. The monoisotopic (exact) mass is 430 g/mol. The van der Waals surface area contributed by atoms with Gasteiger partial charge in [-0.05, 0) is 43.0 Å². The number of carbonyl (C=O) groups excluding carboxylic acids is 1. The van der Waals surface area contributed by atoms with Crippen LogP contribution in [0.5, 0.6) is 0 Å². The van der Waals surface area contributed by atoms with Crippen LogP contribution >= 0.6 is 23.4 Å². The molecule has 1 heterocycles. The minimum Gasteiger partial charge on any atom is -0.308 e. The van der Waals surface area contributed by atoms with Crippen molar-refractivity contribution in [3.63, 3.8) is 0 Å². The van der Waals surface area contributed by atoms with Crippen LogP contribution in [0.4, 0.5) is 10.2 Å². The zero-order valence-corrected chi connectivity index (χ0v) is 17.2. The Kier molecular flexibility index (Phi) is 6.16. The third-order valence-corrected chi connectivity index (χ3v) is 6.55. The molecule has 1 N–H and O–H groups in total. The van der Waals surface area contributed by atoms with Crippen molar-refractivity contribution in [1.29, 1.82) is 0 Å². The molecule has 4 rings (SSSR count). The van der Waals surface area contributed by atoms with E-state index >= 15 is 0 Å². The largest absolute Gasteiger partial charge is 0.308 e. The molecule has 1 atom stereocenters. The molecule has 8 heteroatoms. The molecule has 1 unspecified atom stereocenters. The molecule has 0 aliphatic heterocycles. The van der Waals surface area contributed by atoms with Crippen molar-refractivity contribution in [3.05, 3.63) is 60.4 Å². The van der Waals surface area contributed by atoms with Crippen molar-refractivity contribution in [2.24, 2.45) is 5.92 Å². The van der Waals surface area contributed by atoms with Gasteiger partial charge in [0.15, 0.2) is 5.82 Å². The molecule has 1 aromatic heterocycles. The van der Waals surface area contributed by atoms with E-state index in [0.717, 1.165) is 24.2 Å². The molecule has 2 aromatic carbocycles. The van der Waals surface area contributed by atoms with Crippen LogP contribution in [0.2, 0.25) is 0 Å². The number of carbonyl (C=O) groups is 1. The zero-order chi connectivity index (χ0) is 20.2. The third-order valence-electron chi connectivity index (χ3n) is 5.02. The van der Waals surface area contributed by atoms with Gasteiger partial charge >= 0.3 is 0 Å². The van der Waals surface area contributed by atoms with Crippen molar-refractivity contribution < 1.29 is 9.18 Å². The Bertz CT molecular complexity index is 993. The summed E-state index contributed by atoms with van der Waals surface area (Å²) in [7, 11) is 0. The van der Waals surface area contributed by atoms with E-state index in [4.69, 9.17) is 11.6 Å². The second-order valence-electron chi connectivity index (χ2n) is 6.93. The van der Waals surface area contributed by atoms with Crippen LogP contribution in [-0.2, 0) is 10.7 Å². The molecule has 0 bridgehead atoms. The highest BCUT2D eigenvalue weighted by Crippen LogP contribution is 2.34. The molecule has 0 radical (unpaired) electrons. The number of thioether (sulfide) groups is 1. The second kappa shape index (κ2) is 8.97. The summed E-state index contributed by atoms with van der Waals surface area (Å²) in [5, 5.41) is 10.5. The summed E-state index contributed by atoms with van der Waals surface area (Å²) in [6.07, 6.45) is 2.99. The number of hydrogen-bond donors (Lipinski definition) is 1. The molecular weight excluding hydrogens is 411 g/mol. The van der Waals surface area contributed by atoms with E-state index in [-0.39, 0.29) is 17.4 Å². The Balaban J connectivity index is 1.62. The number of benzene rings is 2. The predicted molar refractivity (Wildman–Crippen MR) is 113 cm³/mol. The first-order valence-corrected chi connectivity index (χ1v) is 10.9. The molecule has 150 valence electrons. The Labute approximate surface area is 177 Å². The predicted octanol–water partition coefficient (Wildman–Crippen LogP) is 5.18. The fourth-order valence-electron chi connectivity index (χ4n) is 3.15. The van der Waals surface area contributed by atoms with E-state index in [1.807, 2.05) is 30.3 Å². The SMILES string of the molecule is O=C(Nc1c(-c2ccccc2F)nnn1CSc1ccccc1)C(Cl)C1CCC1. The van der Waals surface area contributed by atoms with Gasteiger partial charge in [0.25, 0.3) is 0 Å². The Morgan fingerprint density at radius 3 is 2.62 bits per heavy atom. The first-order valence-electron chi connectivity index (χ1n) is 9.44. The van der Waals surface area contributed by atoms with Crippen LogP contribution < -0.4 is 5.32 Å². The number of amides is 1. The average Bonchev–Trinajstić information content (AvgIpc) is 3.08. The fourth-order valence-corrected chi connectivity index (χ4v) is 4.25. The lowest BCUT2D eigenvalue weighted by Crippen LogP contribution is -2.34. The Hall–Kier alpha value is -2.38. The first kappa shape index (κ1) is 19.9. The van der Waals surface area contributed by atoms with Crippen LogP contribution in [0, 0.1) is 11.7 Å². The summed E-state index contributed by atoms with van der Waals surface area (Å²) in [6.45, 7) is 0. The van der Waals surface area contributed by atoms with Gasteiger partial charge in [0.1, 0.15) is 16.9 Å². The molecule has 29 heavy (non-hydrogen) atoms. The minimum absolute atomic E-state index is 0.177. The summed E-state index contributed by atoms with van der Waals surface area (Å²) >= 11 is 7.90. The Morgan fingerprint density at radius 1 is 1.21 bits per heavy atom. The lowest BCUT2D eigenvalue weighted by molar-refractivity contribution is -0.117. The molecular formula is C21H20ClFN4OS. The topological polar surface area (TPSA) is 59.8 Å². The number of rotatable bonds is 7. The van der Waals surface area contributed by atoms with Crippen LogP contribution in [0.15, 0.2) is 59.5 Å². The quantitative estimate of drug-likeness (QED) is 0.414.